The summed E-state index contributed by atoms with van der Waals surface area (Å²) in [6.45, 7) is 5.00. The molecule has 168 valence electrons. The van der Waals surface area contributed by atoms with E-state index in [4.69, 9.17) is 5.11 Å². The summed E-state index contributed by atoms with van der Waals surface area (Å²) in [5.41, 5.74) is 2.46. The van der Waals surface area contributed by atoms with E-state index >= 15 is 0 Å². The summed E-state index contributed by atoms with van der Waals surface area (Å²) >= 11 is 0. The number of amides is 1. The number of piperidine rings is 1. The molecule has 3 heterocycles. The number of benzene rings is 1. The Balaban J connectivity index is 1.33. The summed E-state index contributed by atoms with van der Waals surface area (Å²) in [6.07, 6.45) is 7.99. The average molecular weight is 436 g/mol. The minimum Gasteiger partial charge on any atom is -0.478 e. The molecule has 0 atom stereocenters. The maximum Gasteiger partial charge on any atom is 0.338 e. The van der Waals surface area contributed by atoms with Crippen molar-refractivity contribution in [3.8, 4) is 0 Å². The Labute approximate surface area is 187 Å². The van der Waals surface area contributed by atoms with Crippen LogP contribution in [0, 0.1) is 5.92 Å². The number of rotatable bonds is 8. The van der Waals surface area contributed by atoms with Gasteiger partial charge in [0.25, 0.3) is 0 Å². The SMILES string of the molecule is CCC(=O)N(CCc1c[nH]c2ccccc12)CC1CCN(c2ncc(C(=O)O)cn2)CC1. The second-order valence-electron chi connectivity index (χ2n) is 8.31. The second-order valence-corrected chi connectivity index (χ2v) is 8.31. The lowest BCUT2D eigenvalue weighted by atomic mass is 9.96. The zero-order valence-corrected chi connectivity index (χ0v) is 18.3. The van der Waals surface area contributed by atoms with Crippen LogP contribution in [0.2, 0.25) is 0 Å². The Bertz CT molecular complexity index is 1070. The van der Waals surface area contributed by atoms with Crippen molar-refractivity contribution < 1.29 is 14.7 Å². The van der Waals surface area contributed by atoms with E-state index < -0.39 is 5.97 Å². The fraction of sp³-hybridized carbons (Fsp3) is 0.417. The molecule has 4 rings (SSSR count). The molecule has 1 amide bonds. The fourth-order valence-corrected chi connectivity index (χ4v) is 4.36. The summed E-state index contributed by atoms with van der Waals surface area (Å²) in [5.74, 6) is 0.167. The molecule has 2 N–H and O–H groups in total. The lowest BCUT2D eigenvalue weighted by Gasteiger charge is -2.35. The van der Waals surface area contributed by atoms with Crippen molar-refractivity contribution in [2.24, 2.45) is 5.92 Å². The first-order valence-corrected chi connectivity index (χ1v) is 11.2. The number of para-hydroxylation sites is 1. The predicted molar refractivity (Wildman–Crippen MR) is 123 cm³/mol. The van der Waals surface area contributed by atoms with E-state index in [1.807, 2.05) is 30.2 Å². The van der Waals surface area contributed by atoms with Gasteiger partial charge < -0.3 is 19.9 Å². The molecule has 0 bridgehead atoms. The van der Waals surface area contributed by atoms with Gasteiger partial charge in [-0.05, 0) is 36.8 Å². The highest BCUT2D eigenvalue weighted by Crippen LogP contribution is 2.23. The molecule has 0 aliphatic carbocycles. The molecular formula is C24H29N5O3. The molecule has 3 aromatic rings. The average Bonchev–Trinajstić information content (AvgIpc) is 3.25. The van der Waals surface area contributed by atoms with E-state index in [9.17, 15) is 9.59 Å². The van der Waals surface area contributed by atoms with Crippen molar-refractivity contribution in [2.75, 3.05) is 31.1 Å². The van der Waals surface area contributed by atoms with Crippen molar-refractivity contribution in [1.29, 1.82) is 0 Å². The van der Waals surface area contributed by atoms with Crippen molar-refractivity contribution in [2.45, 2.75) is 32.6 Å². The van der Waals surface area contributed by atoms with Crippen LogP contribution in [-0.2, 0) is 11.2 Å². The summed E-state index contributed by atoms with van der Waals surface area (Å²) in [4.78, 5) is 39.4. The van der Waals surface area contributed by atoms with E-state index in [1.165, 1.54) is 23.3 Å². The van der Waals surface area contributed by atoms with Gasteiger partial charge in [0.1, 0.15) is 0 Å². The minimum absolute atomic E-state index is 0.0903. The molecule has 0 radical (unpaired) electrons. The number of fused-ring (bicyclic) bond motifs is 1. The highest BCUT2D eigenvalue weighted by Gasteiger charge is 2.24. The summed E-state index contributed by atoms with van der Waals surface area (Å²) in [5, 5.41) is 10.2. The first-order chi connectivity index (χ1) is 15.5. The molecule has 1 fully saturated rings. The number of aromatic carboxylic acids is 1. The van der Waals surface area contributed by atoms with E-state index in [-0.39, 0.29) is 11.5 Å². The van der Waals surface area contributed by atoms with Crippen molar-refractivity contribution in [3.05, 3.63) is 54.0 Å². The Morgan fingerprint density at radius 2 is 1.91 bits per heavy atom. The first kappa shape index (κ1) is 21.8. The van der Waals surface area contributed by atoms with E-state index in [1.54, 1.807) is 0 Å². The zero-order chi connectivity index (χ0) is 22.5. The topological polar surface area (TPSA) is 102 Å². The second kappa shape index (κ2) is 9.80. The number of carboxylic acid groups (broad SMARTS) is 1. The van der Waals surface area contributed by atoms with Crippen LogP contribution in [0.25, 0.3) is 10.9 Å². The van der Waals surface area contributed by atoms with Crippen LogP contribution in [0.4, 0.5) is 5.95 Å². The zero-order valence-electron chi connectivity index (χ0n) is 18.3. The van der Waals surface area contributed by atoms with Crippen LogP contribution in [0.3, 0.4) is 0 Å². The van der Waals surface area contributed by atoms with E-state index in [0.717, 1.165) is 44.4 Å². The molecule has 1 aromatic carbocycles. The number of aromatic amines is 1. The Hall–Kier alpha value is -3.42. The molecule has 1 aliphatic heterocycles. The number of hydrogen-bond acceptors (Lipinski definition) is 5. The Morgan fingerprint density at radius 3 is 2.59 bits per heavy atom. The molecule has 0 unspecified atom stereocenters. The van der Waals surface area contributed by atoms with E-state index in [0.29, 0.717) is 24.8 Å². The third-order valence-corrected chi connectivity index (χ3v) is 6.24. The third-order valence-electron chi connectivity index (χ3n) is 6.24. The number of nitrogens with zero attached hydrogens (tertiary/aromatic N) is 4. The fourth-order valence-electron chi connectivity index (χ4n) is 4.36. The highest BCUT2D eigenvalue weighted by atomic mass is 16.4. The van der Waals surface area contributed by atoms with Gasteiger partial charge >= 0.3 is 5.97 Å². The number of nitrogens with one attached hydrogen (secondary N) is 1. The van der Waals surface area contributed by atoms with Crippen molar-refractivity contribution in [1.82, 2.24) is 19.9 Å². The van der Waals surface area contributed by atoms with Crippen LogP contribution in [0.5, 0.6) is 0 Å². The molecular weight excluding hydrogens is 406 g/mol. The monoisotopic (exact) mass is 435 g/mol. The van der Waals surface area contributed by atoms with Gasteiger partial charge in [0.15, 0.2) is 0 Å². The van der Waals surface area contributed by atoms with E-state index in [2.05, 4.69) is 32.0 Å². The van der Waals surface area contributed by atoms with Gasteiger partial charge in [0.2, 0.25) is 11.9 Å². The molecule has 1 saturated heterocycles. The summed E-state index contributed by atoms with van der Waals surface area (Å²) < 4.78 is 0. The normalized spacial score (nSPS) is 14.6. The van der Waals surface area contributed by atoms with Crippen LogP contribution in [-0.4, -0.2) is 63.0 Å². The maximum absolute atomic E-state index is 12.6. The van der Waals surface area contributed by atoms with Gasteiger partial charge in [0.05, 0.1) is 5.56 Å². The van der Waals surface area contributed by atoms with Gasteiger partial charge in [-0.25, -0.2) is 14.8 Å². The van der Waals surface area contributed by atoms with Crippen LogP contribution in [0.15, 0.2) is 42.9 Å². The molecule has 0 spiro atoms. The molecule has 8 nitrogen and oxygen atoms in total. The first-order valence-electron chi connectivity index (χ1n) is 11.2. The Morgan fingerprint density at radius 1 is 1.19 bits per heavy atom. The Kier molecular flexibility index (Phi) is 6.68. The number of hydrogen-bond donors (Lipinski definition) is 2. The smallest absolute Gasteiger partial charge is 0.338 e. The third kappa shape index (κ3) is 4.90. The number of H-pyrrole nitrogens is 1. The molecule has 0 saturated carbocycles. The minimum atomic E-state index is -1.02. The molecule has 2 aromatic heterocycles. The molecule has 32 heavy (non-hydrogen) atoms. The van der Waals surface area contributed by atoms with Gasteiger partial charge in [-0.3, -0.25) is 4.79 Å². The largest absolute Gasteiger partial charge is 0.478 e. The molecule has 1 aliphatic rings. The summed E-state index contributed by atoms with van der Waals surface area (Å²) in [7, 11) is 0. The number of anilines is 1. The van der Waals surface area contributed by atoms with Crippen LogP contribution < -0.4 is 4.90 Å². The van der Waals surface area contributed by atoms with Crippen molar-refractivity contribution in [3.63, 3.8) is 0 Å². The van der Waals surface area contributed by atoms with Gasteiger partial charge in [-0.1, -0.05) is 25.1 Å². The quantitative estimate of drug-likeness (QED) is 0.563. The standard InChI is InChI=1S/C24H29N5O3/c1-2-22(30)29(12-9-18-13-25-21-6-4-3-5-20(18)21)16-17-7-10-28(11-8-17)24-26-14-19(15-27-24)23(31)32/h3-6,13-15,17,25H,2,7-12,16H2,1H3,(H,31,32). The predicted octanol–water partition coefficient (Wildman–Crippen LogP) is 3.35. The van der Waals surface area contributed by atoms with Gasteiger partial charge in [0, 0.05) is 62.1 Å². The van der Waals surface area contributed by atoms with Crippen LogP contribution >= 0.6 is 0 Å². The van der Waals surface area contributed by atoms with Crippen LogP contribution in [0.1, 0.15) is 42.1 Å². The maximum atomic E-state index is 12.6. The summed E-state index contributed by atoms with van der Waals surface area (Å²) in [6, 6.07) is 8.25. The lowest BCUT2D eigenvalue weighted by molar-refractivity contribution is -0.131. The highest BCUT2D eigenvalue weighted by molar-refractivity contribution is 5.86. The number of aromatic nitrogens is 3. The molecule has 8 heteroatoms. The number of carbonyl (C=O) groups is 2. The van der Waals surface area contributed by atoms with Crippen molar-refractivity contribution >= 4 is 28.7 Å². The lowest BCUT2D eigenvalue weighted by Crippen LogP contribution is -2.42. The van der Waals surface area contributed by atoms with Gasteiger partial charge in [-0.2, -0.15) is 0 Å². The number of carboxylic acids is 1. The number of carbonyl (C=O) groups excluding carboxylic acids is 1. The van der Waals surface area contributed by atoms with Gasteiger partial charge in [-0.15, -0.1) is 0 Å².